The molecule has 0 amide bonds. The number of fused-ring (bicyclic) bond motifs is 4. The molecule has 0 heterocycles. The van der Waals surface area contributed by atoms with Crippen molar-refractivity contribution in [3.05, 3.63) is 249 Å². The molecular weight excluding hydrogens is 735 g/mol. The lowest BCUT2D eigenvalue weighted by Gasteiger charge is -2.31. The smallest absolute Gasteiger partial charge is 0.0546 e. The Labute approximate surface area is 357 Å². The normalized spacial score (nSPS) is 11.3. The third-order valence-corrected chi connectivity index (χ3v) is 12.1. The topological polar surface area (TPSA) is 3.24 Å². The highest BCUT2D eigenvalue weighted by Gasteiger charge is 2.24. The average Bonchev–Trinajstić information content (AvgIpc) is 3.35. The molecule has 0 aliphatic heterocycles. The van der Waals surface area contributed by atoms with Crippen LogP contribution in [0.15, 0.2) is 249 Å². The minimum absolute atomic E-state index is 1.08. The van der Waals surface area contributed by atoms with Crippen LogP contribution < -0.4 is 4.90 Å². The van der Waals surface area contributed by atoms with E-state index in [4.69, 9.17) is 0 Å². The molecule has 11 aromatic rings. The molecule has 0 unspecified atom stereocenters. The van der Waals surface area contributed by atoms with Gasteiger partial charge in [0, 0.05) is 16.6 Å². The third-order valence-electron chi connectivity index (χ3n) is 12.1. The lowest BCUT2D eigenvalue weighted by Crippen LogP contribution is -2.12. The molecular formula is C60H41N. The van der Waals surface area contributed by atoms with Crippen molar-refractivity contribution in [3.63, 3.8) is 0 Å². The molecule has 61 heavy (non-hydrogen) atoms. The van der Waals surface area contributed by atoms with E-state index in [-0.39, 0.29) is 0 Å². The van der Waals surface area contributed by atoms with Gasteiger partial charge in [-0.25, -0.2) is 0 Å². The van der Waals surface area contributed by atoms with E-state index in [0.717, 1.165) is 28.2 Å². The van der Waals surface area contributed by atoms with E-state index >= 15 is 0 Å². The van der Waals surface area contributed by atoms with E-state index in [1.165, 1.54) is 76.8 Å². The molecule has 11 aromatic carbocycles. The van der Waals surface area contributed by atoms with E-state index in [2.05, 4.69) is 254 Å². The molecule has 0 bridgehead atoms. The van der Waals surface area contributed by atoms with E-state index in [0.29, 0.717) is 0 Å². The lowest BCUT2D eigenvalue weighted by molar-refractivity contribution is 1.30. The van der Waals surface area contributed by atoms with Gasteiger partial charge in [0.05, 0.1) is 11.4 Å². The van der Waals surface area contributed by atoms with Gasteiger partial charge >= 0.3 is 0 Å². The number of anilines is 3. The Morgan fingerprint density at radius 3 is 1.30 bits per heavy atom. The second kappa shape index (κ2) is 15.6. The fourth-order valence-electron chi connectivity index (χ4n) is 9.17. The molecule has 0 saturated heterocycles. The van der Waals surface area contributed by atoms with Crippen LogP contribution in [0.4, 0.5) is 17.1 Å². The Kier molecular flexibility index (Phi) is 9.26. The highest BCUT2D eigenvalue weighted by atomic mass is 15.1. The van der Waals surface area contributed by atoms with Gasteiger partial charge in [-0.2, -0.15) is 0 Å². The SMILES string of the molecule is c1ccc(-c2ccc(N(c3cc(-c4ccccc4)c(-c4cc5ccccc5c5ccccc45)cc3-c3ccccc3)c3ccc(-c4ccccc4)c4ccccc34)cc2)cc1. The van der Waals surface area contributed by atoms with Gasteiger partial charge in [-0.05, 0) is 113 Å². The monoisotopic (exact) mass is 775 g/mol. The van der Waals surface area contributed by atoms with Crippen LogP contribution in [-0.2, 0) is 0 Å². The quantitative estimate of drug-likeness (QED) is 0.139. The fraction of sp³-hybridized carbons (Fsp3) is 0. The first-order valence-corrected chi connectivity index (χ1v) is 21.0. The Morgan fingerprint density at radius 1 is 0.213 bits per heavy atom. The highest BCUT2D eigenvalue weighted by Crippen LogP contribution is 2.50. The lowest BCUT2D eigenvalue weighted by atomic mass is 9.86. The Bertz CT molecular complexity index is 3320. The number of hydrogen-bond acceptors (Lipinski definition) is 1. The van der Waals surface area contributed by atoms with Crippen LogP contribution in [0.1, 0.15) is 0 Å². The van der Waals surface area contributed by atoms with Gasteiger partial charge in [0.2, 0.25) is 0 Å². The van der Waals surface area contributed by atoms with Crippen molar-refractivity contribution >= 4 is 49.4 Å². The van der Waals surface area contributed by atoms with Gasteiger partial charge in [-0.15, -0.1) is 0 Å². The van der Waals surface area contributed by atoms with Gasteiger partial charge in [0.1, 0.15) is 0 Å². The summed E-state index contributed by atoms with van der Waals surface area (Å²) in [5.41, 5.74) is 15.1. The van der Waals surface area contributed by atoms with Gasteiger partial charge in [0.15, 0.2) is 0 Å². The fourth-order valence-corrected chi connectivity index (χ4v) is 9.17. The largest absolute Gasteiger partial charge is 0.309 e. The molecule has 0 aliphatic rings. The summed E-state index contributed by atoms with van der Waals surface area (Å²) in [7, 11) is 0. The van der Waals surface area contributed by atoms with Crippen LogP contribution in [0.3, 0.4) is 0 Å². The van der Waals surface area contributed by atoms with Crippen LogP contribution in [0, 0.1) is 0 Å². The molecule has 0 fully saturated rings. The summed E-state index contributed by atoms with van der Waals surface area (Å²) in [6.07, 6.45) is 0. The maximum Gasteiger partial charge on any atom is 0.0546 e. The standard InChI is InChI=1S/C60H41N/c1-5-19-42(20-6-1)43-33-35-48(36-34-43)61(59-38-37-50(44-21-7-2-8-22-44)52-30-17-18-32-54(52)59)60-41-55(45-23-9-3-10-24-45)58(40-56(60)46-25-11-4-12-26-46)57-39-47-27-13-14-28-49(47)51-29-15-16-31-53(51)57/h1-41H. The average molecular weight is 776 g/mol. The molecule has 0 spiro atoms. The van der Waals surface area contributed by atoms with Crippen molar-refractivity contribution in [1.29, 1.82) is 0 Å². The van der Waals surface area contributed by atoms with Crippen LogP contribution in [0.5, 0.6) is 0 Å². The summed E-state index contributed by atoms with van der Waals surface area (Å²) in [5, 5.41) is 7.37. The molecule has 0 radical (unpaired) electrons. The van der Waals surface area contributed by atoms with Gasteiger partial charge < -0.3 is 4.90 Å². The summed E-state index contributed by atoms with van der Waals surface area (Å²) in [6.45, 7) is 0. The zero-order valence-corrected chi connectivity index (χ0v) is 33.6. The van der Waals surface area contributed by atoms with Gasteiger partial charge in [-0.3, -0.25) is 0 Å². The van der Waals surface area contributed by atoms with Crippen molar-refractivity contribution in [2.45, 2.75) is 0 Å². The molecule has 286 valence electrons. The molecule has 0 saturated carbocycles. The summed E-state index contributed by atoms with van der Waals surface area (Å²) >= 11 is 0. The number of nitrogens with zero attached hydrogens (tertiary/aromatic N) is 1. The first-order valence-electron chi connectivity index (χ1n) is 21.0. The minimum Gasteiger partial charge on any atom is -0.309 e. The first-order chi connectivity index (χ1) is 30.3. The molecule has 0 atom stereocenters. The summed E-state index contributed by atoms with van der Waals surface area (Å²) in [5.74, 6) is 0. The van der Waals surface area contributed by atoms with Crippen LogP contribution in [0.2, 0.25) is 0 Å². The Hall–Kier alpha value is -8.00. The van der Waals surface area contributed by atoms with E-state index in [1.54, 1.807) is 0 Å². The van der Waals surface area contributed by atoms with E-state index < -0.39 is 0 Å². The van der Waals surface area contributed by atoms with Crippen molar-refractivity contribution in [2.24, 2.45) is 0 Å². The maximum absolute atomic E-state index is 2.49. The van der Waals surface area contributed by atoms with Gasteiger partial charge in [-0.1, -0.05) is 212 Å². The summed E-state index contributed by atoms with van der Waals surface area (Å²) in [6, 6.07) is 90.7. The predicted molar refractivity (Wildman–Crippen MR) is 261 cm³/mol. The van der Waals surface area contributed by atoms with Crippen molar-refractivity contribution in [1.82, 2.24) is 0 Å². The van der Waals surface area contributed by atoms with Crippen LogP contribution in [-0.4, -0.2) is 0 Å². The number of benzene rings is 11. The third kappa shape index (κ3) is 6.63. The maximum atomic E-state index is 2.49. The zero-order valence-electron chi connectivity index (χ0n) is 33.6. The number of rotatable bonds is 8. The molecule has 0 aromatic heterocycles. The van der Waals surface area contributed by atoms with E-state index in [9.17, 15) is 0 Å². The summed E-state index contributed by atoms with van der Waals surface area (Å²) in [4.78, 5) is 2.49. The Balaban J connectivity index is 1.24. The van der Waals surface area contributed by atoms with Crippen molar-refractivity contribution in [2.75, 3.05) is 4.90 Å². The zero-order chi connectivity index (χ0) is 40.5. The second-order valence-corrected chi connectivity index (χ2v) is 15.6. The summed E-state index contributed by atoms with van der Waals surface area (Å²) < 4.78 is 0. The van der Waals surface area contributed by atoms with E-state index in [1.807, 2.05) is 0 Å². The minimum atomic E-state index is 1.08. The molecule has 1 heteroatoms. The molecule has 0 aliphatic carbocycles. The Morgan fingerprint density at radius 2 is 0.672 bits per heavy atom. The van der Waals surface area contributed by atoms with Crippen LogP contribution in [0.25, 0.3) is 88.0 Å². The predicted octanol–water partition coefficient (Wildman–Crippen LogP) is 17.0. The van der Waals surface area contributed by atoms with Crippen molar-refractivity contribution in [3.8, 4) is 55.6 Å². The molecule has 0 N–H and O–H groups in total. The van der Waals surface area contributed by atoms with Crippen molar-refractivity contribution < 1.29 is 0 Å². The molecule has 11 rings (SSSR count). The van der Waals surface area contributed by atoms with Crippen LogP contribution >= 0.6 is 0 Å². The van der Waals surface area contributed by atoms with Gasteiger partial charge in [0.25, 0.3) is 0 Å². The molecule has 1 nitrogen and oxygen atoms in total. The number of hydrogen-bond donors (Lipinski definition) is 0. The first kappa shape index (κ1) is 36.1. The highest BCUT2D eigenvalue weighted by molar-refractivity contribution is 6.16. The second-order valence-electron chi connectivity index (χ2n) is 15.6.